The Morgan fingerprint density at radius 3 is 1.69 bits per heavy atom. The van der Waals surface area contributed by atoms with Crippen LogP contribution in [-0.4, -0.2) is 17.2 Å². The van der Waals surface area contributed by atoms with Crippen molar-refractivity contribution >= 4 is 83.2 Å². The summed E-state index contributed by atoms with van der Waals surface area (Å²) in [6.45, 7) is 0. The van der Waals surface area contributed by atoms with E-state index in [0.717, 1.165) is 0 Å². The van der Waals surface area contributed by atoms with E-state index in [4.69, 9.17) is 0 Å². The minimum absolute atomic E-state index is 1.17. The van der Waals surface area contributed by atoms with Gasteiger partial charge in [-0.25, -0.2) is 0 Å². The summed E-state index contributed by atoms with van der Waals surface area (Å²) in [6, 6.07) is 77.1. The molecule has 0 aliphatic carbocycles. The molecule has 2 aromatic heterocycles. The van der Waals surface area contributed by atoms with Gasteiger partial charge in [0.2, 0.25) is 0 Å². The molecule has 0 saturated heterocycles. The Balaban J connectivity index is 1.21. The van der Waals surface area contributed by atoms with Crippen molar-refractivity contribution < 1.29 is 0 Å². The van der Waals surface area contributed by atoms with E-state index in [9.17, 15) is 0 Å². The van der Waals surface area contributed by atoms with Crippen molar-refractivity contribution in [2.24, 2.45) is 0 Å². The predicted octanol–water partition coefficient (Wildman–Crippen LogP) is 10.4. The van der Waals surface area contributed by atoms with Crippen molar-refractivity contribution in [3.63, 3.8) is 0 Å². The molecule has 0 spiro atoms. The van der Waals surface area contributed by atoms with E-state index in [0.29, 0.717) is 0 Å². The van der Waals surface area contributed by atoms with Crippen molar-refractivity contribution in [1.82, 2.24) is 9.13 Å². The molecule has 0 saturated carbocycles. The molecule has 11 aromatic rings. The van der Waals surface area contributed by atoms with Gasteiger partial charge in [0.1, 0.15) is 0 Å². The molecule has 0 atom stereocenters. The van der Waals surface area contributed by atoms with Gasteiger partial charge in [0.15, 0.2) is 8.07 Å². The third-order valence-electron chi connectivity index (χ3n) is 12.2. The quantitative estimate of drug-likeness (QED) is 0.161. The Bertz CT molecular complexity index is 3280. The highest BCUT2D eigenvalue weighted by atomic mass is 28.3. The Kier molecular flexibility index (Phi) is 6.39. The monoisotopic (exact) mass is 714 g/mol. The molecule has 0 fully saturated rings. The van der Waals surface area contributed by atoms with Gasteiger partial charge in [-0.1, -0.05) is 164 Å². The Morgan fingerprint density at radius 1 is 0.327 bits per heavy atom. The lowest BCUT2D eigenvalue weighted by Gasteiger charge is -2.31. The Labute approximate surface area is 319 Å². The van der Waals surface area contributed by atoms with Crippen LogP contribution in [-0.2, 0) is 0 Å². The maximum absolute atomic E-state index is 2.68. The molecule has 12 rings (SSSR count). The summed E-state index contributed by atoms with van der Waals surface area (Å²) < 4.78 is 5.02. The van der Waals surface area contributed by atoms with E-state index in [1.165, 1.54) is 97.6 Å². The van der Waals surface area contributed by atoms with Gasteiger partial charge in [-0.2, -0.15) is 0 Å². The molecule has 0 amide bonds. The molecule has 1 aliphatic rings. The first kappa shape index (κ1) is 30.5. The number of hydrogen-bond acceptors (Lipinski definition) is 0. The molecule has 0 radical (unpaired) electrons. The lowest BCUT2D eigenvalue weighted by atomic mass is 10.1. The second-order valence-electron chi connectivity index (χ2n) is 14.8. The molecule has 256 valence electrons. The van der Waals surface area contributed by atoms with Crippen LogP contribution in [0.25, 0.3) is 76.9 Å². The number of benzene rings is 9. The minimum atomic E-state index is -2.68. The lowest BCUT2D eigenvalue weighted by Crippen LogP contribution is -2.72. The zero-order valence-electron chi connectivity index (χ0n) is 30.0. The highest BCUT2D eigenvalue weighted by Gasteiger charge is 2.48. The summed E-state index contributed by atoms with van der Waals surface area (Å²) in [4.78, 5) is 0. The van der Waals surface area contributed by atoms with Crippen LogP contribution < -0.4 is 20.7 Å². The van der Waals surface area contributed by atoms with Gasteiger partial charge in [0, 0.05) is 32.9 Å². The maximum atomic E-state index is 2.56. The minimum Gasteiger partial charge on any atom is -0.309 e. The number of fused-ring (bicyclic) bond motifs is 11. The molecule has 2 nitrogen and oxygen atoms in total. The first-order valence-corrected chi connectivity index (χ1v) is 21.1. The zero-order valence-corrected chi connectivity index (χ0v) is 31.0. The van der Waals surface area contributed by atoms with Gasteiger partial charge in [-0.05, 0) is 85.1 Å². The van der Waals surface area contributed by atoms with Gasteiger partial charge in [0.05, 0.1) is 22.1 Å². The summed E-state index contributed by atoms with van der Waals surface area (Å²) in [5.74, 6) is 0. The van der Waals surface area contributed by atoms with Crippen LogP contribution in [0, 0.1) is 0 Å². The summed E-state index contributed by atoms with van der Waals surface area (Å²) in [6.07, 6.45) is 0. The average molecular weight is 715 g/mol. The third kappa shape index (κ3) is 4.13. The largest absolute Gasteiger partial charge is 0.309 e. The molecule has 55 heavy (non-hydrogen) atoms. The highest BCUT2D eigenvalue weighted by Crippen LogP contribution is 2.42. The fourth-order valence-corrected chi connectivity index (χ4v) is 15.1. The maximum Gasteiger partial charge on any atom is 0.180 e. The Hall–Kier alpha value is -6.94. The molecule has 0 bridgehead atoms. The van der Waals surface area contributed by atoms with Crippen molar-refractivity contribution in [2.75, 3.05) is 0 Å². The van der Waals surface area contributed by atoms with Gasteiger partial charge in [-0.3, -0.25) is 0 Å². The Morgan fingerprint density at radius 2 is 0.909 bits per heavy atom. The molecular formula is C52H34N2Si. The fourth-order valence-electron chi connectivity index (χ4n) is 9.94. The second kappa shape index (κ2) is 11.5. The topological polar surface area (TPSA) is 9.86 Å². The van der Waals surface area contributed by atoms with E-state index in [1.807, 2.05) is 0 Å². The van der Waals surface area contributed by atoms with Crippen molar-refractivity contribution in [3.05, 3.63) is 206 Å². The average Bonchev–Trinajstić information content (AvgIpc) is 3.88. The van der Waals surface area contributed by atoms with Crippen molar-refractivity contribution in [2.45, 2.75) is 0 Å². The molecule has 3 heterocycles. The van der Waals surface area contributed by atoms with E-state index >= 15 is 0 Å². The van der Waals surface area contributed by atoms with Crippen LogP contribution in [0.5, 0.6) is 0 Å². The van der Waals surface area contributed by atoms with Crippen LogP contribution in [0.15, 0.2) is 206 Å². The number of rotatable bonds is 4. The number of para-hydroxylation sites is 2. The van der Waals surface area contributed by atoms with E-state index < -0.39 is 8.07 Å². The van der Waals surface area contributed by atoms with Crippen molar-refractivity contribution in [3.8, 4) is 22.5 Å². The first-order valence-electron chi connectivity index (χ1n) is 19.1. The van der Waals surface area contributed by atoms with Crippen LogP contribution in [0.3, 0.4) is 0 Å². The molecular weight excluding hydrogens is 681 g/mol. The SMILES string of the molecule is c1ccc([Si]2(c3ccccc3)c3ccccc3-c3ccc(-n4c5ccccc5c5ccc6c(c7ccccc7n6-c6ccc7ccccc7c6)c54)cc32)cc1. The van der Waals surface area contributed by atoms with Gasteiger partial charge in [0.25, 0.3) is 0 Å². The van der Waals surface area contributed by atoms with Crippen LogP contribution >= 0.6 is 0 Å². The molecule has 0 unspecified atom stereocenters. The number of hydrogen-bond donors (Lipinski definition) is 0. The molecule has 3 heteroatoms. The molecule has 1 aliphatic heterocycles. The summed E-state index contributed by atoms with van der Waals surface area (Å²) in [5.41, 5.74) is 9.94. The summed E-state index contributed by atoms with van der Waals surface area (Å²) in [5, 5.41) is 13.3. The summed E-state index contributed by atoms with van der Waals surface area (Å²) in [7, 11) is -2.68. The van der Waals surface area contributed by atoms with Gasteiger partial charge >= 0.3 is 0 Å². The van der Waals surface area contributed by atoms with E-state index in [-0.39, 0.29) is 0 Å². The fraction of sp³-hybridized carbons (Fsp3) is 0. The van der Waals surface area contributed by atoms with Crippen LogP contribution in [0.1, 0.15) is 0 Å². The van der Waals surface area contributed by atoms with Crippen LogP contribution in [0.4, 0.5) is 0 Å². The molecule has 9 aromatic carbocycles. The second-order valence-corrected chi connectivity index (χ2v) is 18.6. The standard InChI is InChI=1S/C52H34N2Si/c1-3-17-39(18-4-1)55(40-19-5-2-6-20-40)49-26-14-11-22-42(49)43-30-29-38(34-50(43)55)54-46-24-12-9-21-41(46)44-31-32-48-51(52(44)54)45-23-10-13-25-47(45)53(48)37-28-27-35-15-7-8-16-36(35)33-37/h1-34H. The van der Waals surface area contributed by atoms with Gasteiger partial charge in [-0.15, -0.1) is 0 Å². The summed E-state index contributed by atoms with van der Waals surface area (Å²) >= 11 is 0. The van der Waals surface area contributed by atoms with E-state index in [2.05, 4.69) is 215 Å². The number of aromatic nitrogens is 2. The van der Waals surface area contributed by atoms with Crippen molar-refractivity contribution in [1.29, 1.82) is 0 Å². The lowest BCUT2D eigenvalue weighted by molar-refractivity contribution is 1.18. The zero-order chi connectivity index (χ0) is 36.1. The van der Waals surface area contributed by atoms with Gasteiger partial charge < -0.3 is 9.13 Å². The third-order valence-corrected chi connectivity index (χ3v) is 17.0. The number of nitrogens with zero attached hydrogens (tertiary/aromatic N) is 2. The van der Waals surface area contributed by atoms with Crippen LogP contribution in [0.2, 0.25) is 0 Å². The van der Waals surface area contributed by atoms with E-state index in [1.54, 1.807) is 0 Å². The predicted molar refractivity (Wildman–Crippen MR) is 235 cm³/mol. The highest BCUT2D eigenvalue weighted by molar-refractivity contribution is 7.22. The first-order chi connectivity index (χ1) is 27.3. The smallest absolute Gasteiger partial charge is 0.180 e. The molecule has 0 N–H and O–H groups in total. The normalized spacial score (nSPS) is 13.2.